The number of hydrazone groups is 1. The number of carbonyl (C=O) groups is 2. The van der Waals surface area contributed by atoms with E-state index in [-0.39, 0.29) is 0 Å². The van der Waals surface area contributed by atoms with Crippen LogP contribution >= 0.6 is 23.2 Å². The average molecular weight is 528 g/mol. The van der Waals surface area contributed by atoms with Gasteiger partial charge in [-0.2, -0.15) is 5.10 Å². The summed E-state index contributed by atoms with van der Waals surface area (Å²) in [4.78, 5) is 28.9. The molecule has 0 bridgehead atoms. The molecule has 5 rings (SSSR count). The molecule has 2 N–H and O–H groups in total. The van der Waals surface area contributed by atoms with Gasteiger partial charge in [0.25, 0.3) is 5.91 Å². The summed E-state index contributed by atoms with van der Waals surface area (Å²) in [6.07, 6.45) is 1.42. The molecular formula is C29H19Cl2N3O3. The van der Waals surface area contributed by atoms with E-state index in [0.717, 1.165) is 16.5 Å². The smallest absolute Gasteiger partial charge is 0.343 e. The lowest BCUT2D eigenvalue weighted by atomic mass is 10.0. The molecule has 0 fully saturated rings. The van der Waals surface area contributed by atoms with Crippen LogP contribution in [0.2, 0.25) is 10.0 Å². The number of fused-ring (bicyclic) bond motifs is 1. The van der Waals surface area contributed by atoms with Crippen molar-refractivity contribution in [3.8, 4) is 16.9 Å². The molecule has 1 amide bonds. The maximum absolute atomic E-state index is 13.2. The highest BCUT2D eigenvalue weighted by molar-refractivity contribution is 6.36. The van der Waals surface area contributed by atoms with Gasteiger partial charge in [-0.05, 0) is 48.0 Å². The van der Waals surface area contributed by atoms with E-state index in [1.807, 2.05) is 42.5 Å². The molecule has 0 saturated carbocycles. The Labute approximate surface area is 222 Å². The minimum atomic E-state index is -0.538. The average Bonchev–Trinajstić information content (AvgIpc) is 3.31. The number of aromatic amines is 1. The van der Waals surface area contributed by atoms with Crippen LogP contribution in [0.1, 0.15) is 26.4 Å². The molecular weight excluding hydrogens is 509 g/mol. The molecule has 182 valence electrons. The first-order valence-corrected chi connectivity index (χ1v) is 12.0. The van der Waals surface area contributed by atoms with Gasteiger partial charge in [0.1, 0.15) is 11.4 Å². The fourth-order valence-corrected chi connectivity index (χ4v) is 4.25. The number of amides is 1. The Hall–Kier alpha value is -4.39. The minimum absolute atomic E-state index is 0.294. The molecule has 0 spiro atoms. The Bertz CT molecular complexity index is 1630. The number of halogens is 2. The Morgan fingerprint density at radius 3 is 2.35 bits per heavy atom. The van der Waals surface area contributed by atoms with Gasteiger partial charge in [-0.1, -0.05) is 77.8 Å². The van der Waals surface area contributed by atoms with Gasteiger partial charge >= 0.3 is 5.97 Å². The zero-order chi connectivity index (χ0) is 25.8. The summed E-state index contributed by atoms with van der Waals surface area (Å²) in [7, 11) is 0. The molecule has 4 aromatic carbocycles. The maximum Gasteiger partial charge on any atom is 0.343 e. The van der Waals surface area contributed by atoms with Crippen LogP contribution in [-0.4, -0.2) is 23.1 Å². The second-order valence-corrected chi connectivity index (χ2v) is 8.88. The molecule has 0 atom stereocenters. The summed E-state index contributed by atoms with van der Waals surface area (Å²) in [5, 5.41) is 5.97. The van der Waals surface area contributed by atoms with Crippen LogP contribution in [0.25, 0.3) is 22.0 Å². The topological polar surface area (TPSA) is 83.5 Å². The third kappa shape index (κ3) is 5.26. The lowest BCUT2D eigenvalue weighted by Crippen LogP contribution is -2.19. The SMILES string of the molecule is O=C(Oc1ccccc1C=NNC(=O)c1[nH]c2c(Cl)cccc2c1-c1ccccc1)c1ccc(Cl)cc1. The number of ether oxygens (including phenoxy) is 1. The van der Waals surface area contributed by atoms with Crippen LogP contribution in [-0.2, 0) is 0 Å². The van der Waals surface area contributed by atoms with E-state index in [4.69, 9.17) is 27.9 Å². The van der Waals surface area contributed by atoms with Crippen molar-refractivity contribution in [2.24, 2.45) is 5.10 Å². The summed E-state index contributed by atoms with van der Waals surface area (Å²) in [5.41, 5.74) is 6.00. The summed E-state index contributed by atoms with van der Waals surface area (Å²) < 4.78 is 5.54. The van der Waals surface area contributed by atoms with Gasteiger partial charge < -0.3 is 9.72 Å². The van der Waals surface area contributed by atoms with Crippen molar-refractivity contribution >= 4 is 52.2 Å². The van der Waals surface area contributed by atoms with E-state index >= 15 is 0 Å². The number of nitrogens with one attached hydrogen (secondary N) is 2. The van der Waals surface area contributed by atoms with Crippen LogP contribution < -0.4 is 10.2 Å². The highest BCUT2D eigenvalue weighted by Crippen LogP contribution is 2.35. The maximum atomic E-state index is 13.2. The highest BCUT2D eigenvalue weighted by atomic mass is 35.5. The molecule has 0 aliphatic carbocycles. The molecule has 8 heteroatoms. The summed E-state index contributed by atoms with van der Waals surface area (Å²) in [6.45, 7) is 0. The standard InChI is InChI=1S/C29H19Cl2N3O3/c30-21-15-13-19(14-16-21)29(36)37-24-12-5-4-9-20(24)17-32-34-28(35)27-25(18-7-2-1-3-8-18)22-10-6-11-23(31)26(22)33-27/h1-17,33H,(H,34,35). The number of rotatable bonds is 6. The third-order valence-corrected chi connectivity index (χ3v) is 6.21. The van der Waals surface area contributed by atoms with Crippen molar-refractivity contribution in [1.29, 1.82) is 0 Å². The van der Waals surface area contributed by atoms with Gasteiger partial charge in [-0.25, -0.2) is 10.2 Å². The van der Waals surface area contributed by atoms with Gasteiger partial charge in [0, 0.05) is 21.5 Å². The van der Waals surface area contributed by atoms with Gasteiger partial charge in [0.2, 0.25) is 0 Å². The predicted molar refractivity (Wildman–Crippen MR) is 147 cm³/mol. The number of para-hydroxylation sites is 2. The monoisotopic (exact) mass is 527 g/mol. The van der Waals surface area contributed by atoms with Crippen molar-refractivity contribution in [3.63, 3.8) is 0 Å². The van der Waals surface area contributed by atoms with Crippen LogP contribution in [0, 0.1) is 0 Å². The van der Waals surface area contributed by atoms with Crippen LogP contribution in [0.4, 0.5) is 0 Å². The summed E-state index contributed by atoms with van der Waals surface area (Å²) >= 11 is 12.3. The lowest BCUT2D eigenvalue weighted by Gasteiger charge is -2.07. The van der Waals surface area contributed by atoms with Crippen molar-refractivity contribution in [1.82, 2.24) is 10.4 Å². The highest BCUT2D eigenvalue weighted by Gasteiger charge is 2.20. The lowest BCUT2D eigenvalue weighted by molar-refractivity contribution is 0.0734. The zero-order valence-electron chi connectivity index (χ0n) is 19.2. The summed E-state index contributed by atoms with van der Waals surface area (Å²) in [5.74, 6) is -0.690. The van der Waals surface area contributed by atoms with Gasteiger partial charge in [-0.15, -0.1) is 0 Å². The fraction of sp³-hybridized carbons (Fsp3) is 0. The number of hydrogen-bond acceptors (Lipinski definition) is 4. The van der Waals surface area contributed by atoms with Gasteiger partial charge in [0.05, 0.1) is 22.3 Å². The molecule has 0 radical (unpaired) electrons. The quantitative estimate of drug-likeness (QED) is 0.107. The number of nitrogens with zero attached hydrogens (tertiary/aromatic N) is 1. The van der Waals surface area contributed by atoms with Crippen LogP contribution in [0.15, 0.2) is 102 Å². The van der Waals surface area contributed by atoms with Crippen molar-refractivity contribution < 1.29 is 14.3 Å². The number of esters is 1. The fourth-order valence-electron chi connectivity index (χ4n) is 3.90. The van der Waals surface area contributed by atoms with Crippen molar-refractivity contribution in [2.75, 3.05) is 0 Å². The molecule has 0 unspecified atom stereocenters. The van der Waals surface area contributed by atoms with E-state index < -0.39 is 11.9 Å². The number of hydrogen-bond donors (Lipinski definition) is 2. The molecule has 0 saturated heterocycles. The first kappa shape index (κ1) is 24.3. The number of carbonyl (C=O) groups excluding carboxylic acids is 2. The Morgan fingerprint density at radius 1 is 0.838 bits per heavy atom. The minimum Gasteiger partial charge on any atom is -0.422 e. The molecule has 1 aromatic heterocycles. The van der Waals surface area contributed by atoms with Crippen molar-refractivity contribution in [3.05, 3.63) is 124 Å². The van der Waals surface area contributed by atoms with Gasteiger partial charge in [-0.3, -0.25) is 4.79 Å². The first-order valence-electron chi connectivity index (χ1n) is 11.3. The van der Waals surface area contributed by atoms with E-state index in [1.165, 1.54) is 6.21 Å². The van der Waals surface area contributed by atoms with Crippen molar-refractivity contribution in [2.45, 2.75) is 0 Å². The third-order valence-electron chi connectivity index (χ3n) is 5.64. The van der Waals surface area contributed by atoms with Crippen LogP contribution in [0.5, 0.6) is 5.75 Å². The Balaban J connectivity index is 1.39. The molecule has 1 heterocycles. The van der Waals surface area contributed by atoms with E-state index in [2.05, 4.69) is 15.5 Å². The number of benzene rings is 4. The second kappa shape index (κ2) is 10.7. The molecule has 0 aliphatic heterocycles. The number of aromatic nitrogens is 1. The summed E-state index contributed by atoms with van der Waals surface area (Å²) in [6, 6.07) is 28.3. The number of H-pyrrole nitrogens is 1. The molecule has 0 aliphatic rings. The van der Waals surface area contributed by atoms with Gasteiger partial charge in [0.15, 0.2) is 0 Å². The largest absolute Gasteiger partial charge is 0.422 e. The normalized spacial score (nSPS) is 11.1. The zero-order valence-corrected chi connectivity index (χ0v) is 20.8. The molecule has 37 heavy (non-hydrogen) atoms. The Morgan fingerprint density at radius 2 is 1.57 bits per heavy atom. The second-order valence-electron chi connectivity index (χ2n) is 8.04. The van der Waals surface area contributed by atoms with E-state index in [0.29, 0.717) is 38.1 Å². The van der Waals surface area contributed by atoms with E-state index in [9.17, 15) is 9.59 Å². The van der Waals surface area contributed by atoms with E-state index in [1.54, 1.807) is 54.6 Å². The predicted octanol–water partition coefficient (Wildman–Crippen LogP) is 7.12. The van der Waals surface area contributed by atoms with Crippen LogP contribution in [0.3, 0.4) is 0 Å². The molecule has 6 nitrogen and oxygen atoms in total. The Kier molecular flexibility index (Phi) is 7.03. The first-order chi connectivity index (χ1) is 18.0. The molecule has 5 aromatic rings.